The smallest absolute Gasteiger partial charge is 0.409 e. The fourth-order valence-corrected chi connectivity index (χ4v) is 4.39. The standard InChI is InChI=1S/C19H24Cl2N2O4/c1-2-27-18(25)23-9-7-22(8-10-23)17(24)19(5-11-26-12-6-19)15-4-3-14(20)13-16(15)21/h3-4,13H,2,5-12H2,1H3. The lowest BCUT2D eigenvalue weighted by atomic mass is 9.72. The van der Waals surface area contributed by atoms with Gasteiger partial charge in [-0.15, -0.1) is 0 Å². The van der Waals surface area contributed by atoms with E-state index in [0.29, 0.717) is 68.9 Å². The third-order valence-corrected chi connectivity index (χ3v) is 5.84. The zero-order valence-electron chi connectivity index (χ0n) is 15.4. The van der Waals surface area contributed by atoms with Crippen molar-refractivity contribution in [3.05, 3.63) is 33.8 Å². The van der Waals surface area contributed by atoms with E-state index in [-0.39, 0.29) is 12.0 Å². The third-order valence-electron chi connectivity index (χ3n) is 5.30. The molecule has 2 saturated heterocycles. The molecule has 2 aliphatic rings. The Labute approximate surface area is 169 Å². The van der Waals surface area contributed by atoms with Crippen LogP contribution in [0, 0.1) is 0 Å². The van der Waals surface area contributed by atoms with Crippen LogP contribution < -0.4 is 0 Å². The van der Waals surface area contributed by atoms with Gasteiger partial charge in [0.05, 0.1) is 12.0 Å². The lowest BCUT2D eigenvalue weighted by Crippen LogP contribution is -2.56. The molecular formula is C19H24Cl2N2O4. The molecule has 0 aliphatic carbocycles. The van der Waals surface area contributed by atoms with E-state index in [2.05, 4.69) is 0 Å². The summed E-state index contributed by atoms with van der Waals surface area (Å²) in [5, 5.41) is 1.05. The maximum absolute atomic E-state index is 13.6. The number of ether oxygens (including phenoxy) is 2. The molecule has 0 spiro atoms. The Morgan fingerprint density at radius 3 is 2.33 bits per heavy atom. The van der Waals surface area contributed by atoms with Crippen molar-refractivity contribution in [1.82, 2.24) is 9.80 Å². The predicted octanol–water partition coefficient (Wildman–Crippen LogP) is 3.34. The van der Waals surface area contributed by atoms with Crippen LogP contribution in [0.5, 0.6) is 0 Å². The number of rotatable bonds is 3. The lowest BCUT2D eigenvalue weighted by molar-refractivity contribution is -0.143. The second kappa shape index (κ2) is 8.67. The first-order chi connectivity index (χ1) is 13.0. The largest absolute Gasteiger partial charge is 0.450 e. The van der Waals surface area contributed by atoms with Gasteiger partial charge in [0.1, 0.15) is 0 Å². The second-order valence-corrected chi connectivity index (χ2v) is 7.64. The maximum atomic E-state index is 13.6. The van der Waals surface area contributed by atoms with Gasteiger partial charge < -0.3 is 19.3 Å². The van der Waals surface area contributed by atoms with Crippen LogP contribution in [0.15, 0.2) is 18.2 Å². The van der Waals surface area contributed by atoms with Crippen molar-refractivity contribution < 1.29 is 19.1 Å². The Morgan fingerprint density at radius 1 is 1.11 bits per heavy atom. The molecule has 0 unspecified atom stereocenters. The second-order valence-electron chi connectivity index (χ2n) is 6.80. The average molecular weight is 415 g/mol. The molecule has 0 radical (unpaired) electrons. The molecule has 8 heteroatoms. The van der Waals surface area contributed by atoms with Gasteiger partial charge in [0, 0.05) is 49.4 Å². The Morgan fingerprint density at radius 2 is 1.74 bits per heavy atom. The van der Waals surface area contributed by atoms with Crippen molar-refractivity contribution in [1.29, 1.82) is 0 Å². The molecule has 0 N–H and O–H groups in total. The molecule has 148 valence electrons. The highest BCUT2D eigenvalue weighted by atomic mass is 35.5. The van der Waals surface area contributed by atoms with Crippen LogP contribution in [0.4, 0.5) is 4.79 Å². The molecule has 27 heavy (non-hydrogen) atoms. The zero-order valence-corrected chi connectivity index (χ0v) is 16.9. The summed E-state index contributed by atoms with van der Waals surface area (Å²) in [6.45, 7) is 5.02. The van der Waals surface area contributed by atoms with Gasteiger partial charge in [-0.05, 0) is 37.5 Å². The number of hydrogen-bond acceptors (Lipinski definition) is 4. The van der Waals surface area contributed by atoms with Gasteiger partial charge in [0.15, 0.2) is 0 Å². The normalized spacial score (nSPS) is 19.7. The fraction of sp³-hybridized carbons (Fsp3) is 0.579. The SMILES string of the molecule is CCOC(=O)N1CCN(C(=O)C2(c3ccc(Cl)cc3Cl)CCOCC2)CC1. The van der Waals surface area contributed by atoms with Crippen LogP contribution in [0.3, 0.4) is 0 Å². The molecule has 2 fully saturated rings. The molecule has 2 heterocycles. The molecule has 0 saturated carbocycles. The Bertz CT molecular complexity index is 699. The van der Waals surface area contributed by atoms with Crippen molar-refractivity contribution in [3.8, 4) is 0 Å². The van der Waals surface area contributed by atoms with Gasteiger partial charge in [0.25, 0.3) is 0 Å². The first kappa shape index (κ1) is 20.2. The molecular weight excluding hydrogens is 391 g/mol. The van der Waals surface area contributed by atoms with Crippen molar-refractivity contribution in [2.75, 3.05) is 46.0 Å². The third kappa shape index (κ3) is 4.18. The highest BCUT2D eigenvalue weighted by molar-refractivity contribution is 6.35. The number of piperazine rings is 1. The first-order valence-corrected chi connectivity index (χ1v) is 9.98. The van der Waals surface area contributed by atoms with Crippen molar-refractivity contribution in [2.45, 2.75) is 25.2 Å². The number of benzene rings is 1. The van der Waals surface area contributed by atoms with Gasteiger partial charge >= 0.3 is 6.09 Å². The molecule has 0 bridgehead atoms. The number of carbonyl (C=O) groups excluding carboxylic acids is 2. The number of amides is 2. The van der Waals surface area contributed by atoms with Crippen LogP contribution in [0.25, 0.3) is 0 Å². The van der Waals surface area contributed by atoms with Crippen molar-refractivity contribution >= 4 is 35.2 Å². The summed E-state index contributed by atoms with van der Waals surface area (Å²) in [6, 6.07) is 5.30. The molecule has 0 aromatic heterocycles. The van der Waals surface area contributed by atoms with Gasteiger partial charge in [0.2, 0.25) is 5.91 Å². The van der Waals surface area contributed by atoms with E-state index in [4.69, 9.17) is 32.7 Å². The predicted molar refractivity (Wildman–Crippen MR) is 103 cm³/mol. The number of hydrogen-bond donors (Lipinski definition) is 0. The van der Waals surface area contributed by atoms with Gasteiger partial charge in [-0.3, -0.25) is 4.79 Å². The summed E-state index contributed by atoms with van der Waals surface area (Å²) >= 11 is 12.5. The molecule has 1 aromatic rings. The Balaban J connectivity index is 1.80. The fourth-order valence-electron chi connectivity index (χ4n) is 3.81. The van der Waals surface area contributed by atoms with E-state index in [9.17, 15) is 9.59 Å². The molecule has 2 aliphatic heterocycles. The van der Waals surface area contributed by atoms with Crippen molar-refractivity contribution in [2.24, 2.45) is 0 Å². The summed E-state index contributed by atoms with van der Waals surface area (Å²) in [7, 11) is 0. The monoisotopic (exact) mass is 414 g/mol. The summed E-state index contributed by atoms with van der Waals surface area (Å²) in [4.78, 5) is 28.9. The quantitative estimate of drug-likeness (QED) is 0.760. The van der Waals surface area contributed by atoms with Crippen molar-refractivity contribution in [3.63, 3.8) is 0 Å². The van der Waals surface area contributed by atoms with Crippen LogP contribution in [-0.4, -0.2) is 67.8 Å². The van der Waals surface area contributed by atoms with E-state index in [1.165, 1.54) is 0 Å². The van der Waals surface area contributed by atoms with Crippen LogP contribution in [-0.2, 0) is 19.7 Å². The van der Waals surface area contributed by atoms with E-state index >= 15 is 0 Å². The average Bonchev–Trinajstić information content (AvgIpc) is 2.68. The molecule has 2 amide bonds. The Hall–Kier alpha value is -1.50. The highest BCUT2D eigenvalue weighted by Gasteiger charge is 2.46. The van der Waals surface area contributed by atoms with Gasteiger partial charge in [-0.25, -0.2) is 4.79 Å². The topological polar surface area (TPSA) is 59.1 Å². The van der Waals surface area contributed by atoms with Crippen LogP contribution >= 0.6 is 23.2 Å². The Kier molecular flexibility index (Phi) is 6.50. The number of nitrogens with zero attached hydrogens (tertiary/aromatic N) is 2. The van der Waals surface area contributed by atoms with E-state index in [1.807, 2.05) is 11.0 Å². The highest BCUT2D eigenvalue weighted by Crippen LogP contribution is 2.41. The van der Waals surface area contributed by atoms with Crippen LogP contribution in [0.2, 0.25) is 10.0 Å². The van der Waals surface area contributed by atoms with E-state index in [1.54, 1.807) is 24.0 Å². The zero-order chi connectivity index (χ0) is 19.4. The van der Waals surface area contributed by atoms with E-state index in [0.717, 1.165) is 5.56 Å². The summed E-state index contributed by atoms with van der Waals surface area (Å²) < 4.78 is 10.6. The first-order valence-electron chi connectivity index (χ1n) is 9.22. The summed E-state index contributed by atoms with van der Waals surface area (Å²) in [5.41, 5.74) is 0.0844. The minimum absolute atomic E-state index is 0.0403. The summed E-state index contributed by atoms with van der Waals surface area (Å²) in [6.07, 6.45) is 0.822. The van der Waals surface area contributed by atoms with Gasteiger partial charge in [-0.2, -0.15) is 0 Å². The minimum atomic E-state index is -0.716. The van der Waals surface area contributed by atoms with Crippen LogP contribution in [0.1, 0.15) is 25.3 Å². The molecule has 1 aromatic carbocycles. The minimum Gasteiger partial charge on any atom is -0.450 e. The maximum Gasteiger partial charge on any atom is 0.409 e. The molecule has 0 atom stereocenters. The number of halogens is 2. The van der Waals surface area contributed by atoms with Gasteiger partial charge in [-0.1, -0.05) is 29.3 Å². The molecule has 6 nitrogen and oxygen atoms in total. The summed E-state index contributed by atoms with van der Waals surface area (Å²) in [5.74, 6) is 0.0403. The van der Waals surface area contributed by atoms with E-state index < -0.39 is 5.41 Å². The molecule has 3 rings (SSSR count). The number of carbonyl (C=O) groups is 2. The lowest BCUT2D eigenvalue weighted by Gasteiger charge is -2.43.